The summed E-state index contributed by atoms with van der Waals surface area (Å²) in [6.45, 7) is 0. The van der Waals surface area contributed by atoms with Gasteiger partial charge in [0, 0.05) is 12.6 Å². The molecule has 128 valence electrons. The van der Waals surface area contributed by atoms with E-state index in [1.807, 2.05) is 0 Å². The van der Waals surface area contributed by atoms with Crippen LogP contribution in [0.5, 0.6) is 17.2 Å². The fraction of sp³-hybridized carbons (Fsp3) is 0.588. The summed E-state index contributed by atoms with van der Waals surface area (Å²) in [5, 5.41) is 10.2. The number of carbonyl (C=O) groups is 1. The van der Waals surface area contributed by atoms with Crippen molar-refractivity contribution in [2.24, 2.45) is 0 Å². The van der Waals surface area contributed by atoms with Gasteiger partial charge in [-0.3, -0.25) is 4.79 Å². The zero-order valence-corrected chi connectivity index (χ0v) is 14.2. The van der Waals surface area contributed by atoms with Gasteiger partial charge < -0.3 is 24.2 Å². The number of hydrogen-bond acceptors (Lipinski definition) is 5. The molecule has 0 saturated heterocycles. The molecule has 1 aliphatic carbocycles. The van der Waals surface area contributed by atoms with E-state index in [1.165, 1.54) is 21.3 Å². The molecule has 2 rings (SSSR count). The highest BCUT2D eigenvalue weighted by atomic mass is 16.5. The van der Waals surface area contributed by atoms with Crippen LogP contribution in [-0.4, -0.2) is 56.4 Å². The minimum atomic E-state index is -0.472. The minimum Gasteiger partial charge on any atom is -0.493 e. The molecular formula is C17H25NO5. The van der Waals surface area contributed by atoms with Crippen molar-refractivity contribution in [1.29, 1.82) is 0 Å². The first-order valence-corrected chi connectivity index (χ1v) is 7.78. The molecule has 1 aliphatic rings. The lowest BCUT2D eigenvalue weighted by molar-refractivity contribution is 0.0267. The first-order chi connectivity index (χ1) is 11.0. The van der Waals surface area contributed by atoms with Crippen LogP contribution in [0.15, 0.2) is 12.1 Å². The lowest BCUT2D eigenvalue weighted by atomic mass is 9.91. The Kier molecular flexibility index (Phi) is 5.71. The maximum absolute atomic E-state index is 12.8. The van der Waals surface area contributed by atoms with Gasteiger partial charge in [-0.1, -0.05) is 12.8 Å². The monoisotopic (exact) mass is 323 g/mol. The summed E-state index contributed by atoms with van der Waals surface area (Å²) in [6.07, 6.45) is 3.10. The Labute approximate surface area is 136 Å². The van der Waals surface area contributed by atoms with E-state index in [2.05, 4.69) is 0 Å². The molecule has 6 nitrogen and oxygen atoms in total. The topological polar surface area (TPSA) is 68.2 Å². The van der Waals surface area contributed by atoms with Crippen molar-refractivity contribution in [3.63, 3.8) is 0 Å². The van der Waals surface area contributed by atoms with Crippen LogP contribution in [0.4, 0.5) is 0 Å². The van der Waals surface area contributed by atoms with Crippen molar-refractivity contribution in [3.05, 3.63) is 17.7 Å². The van der Waals surface area contributed by atoms with Crippen LogP contribution in [0, 0.1) is 0 Å². The van der Waals surface area contributed by atoms with E-state index in [9.17, 15) is 9.90 Å². The molecule has 0 radical (unpaired) electrons. The number of benzene rings is 1. The smallest absolute Gasteiger partial charge is 0.254 e. The van der Waals surface area contributed by atoms with E-state index < -0.39 is 6.10 Å². The van der Waals surface area contributed by atoms with E-state index in [1.54, 1.807) is 24.1 Å². The number of ether oxygens (including phenoxy) is 3. The van der Waals surface area contributed by atoms with Gasteiger partial charge in [0.15, 0.2) is 11.5 Å². The molecule has 2 atom stereocenters. The van der Waals surface area contributed by atoms with Crippen molar-refractivity contribution in [2.75, 3.05) is 28.4 Å². The molecule has 1 amide bonds. The Morgan fingerprint density at radius 2 is 1.65 bits per heavy atom. The number of carbonyl (C=O) groups excluding carboxylic acids is 1. The normalized spacial score (nSPS) is 20.7. The molecule has 6 heteroatoms. The van der Waals surface area contributed by atoms with Crippen molar-refractivity contribution < 1.29 is 24.1 Å². The summed E-state index contributed by atoms with van der Waals surface area (Å²) in [5.74, 6) is 1.16. The lowest BCUT2D eigenvalue weighted by Gasteiger charge is -2.35. The molecule has 1 saturated carbocycles. The van der Waals surface area contributed by atoms with Crippen molar-refractivity contribution in [3.8, 4) is 17.2 Å². The fourth-order valence-corrected chi connectivity index (χ4v) is 3.10. The second-order valence-electron chi connectivity index (χ2n) is 5.75. The van der Waals surface area contributed by atoms with E-state index in [0.717, 1.165) is 25.7 Å². The van der Waals surface area contributed by atoms with Crippen LogP contribution in [0.1, 0.15) is 36.0 Å². The second kappa shape index (κ2) is 7.55. The van der Waals surface area contributed by atoms with Gasteiger partial charge in [-0.2, -0.15) is 0 Å². The third-order valence-corrected chi connectivity index (χ3v) is 4.42. The van der Waals surface area contributed by atoms with Gasteiger partial charge in [0.05, 0.1) is 33.5 Å². The average molecular weight is 323 g/mol. The Morgan fingerprint density at radius 3 is 2.13 bits per heavy atom. The maximum atomic E-state index is 12.8. The van der Waals surface area contributed by atoms with E-state index in [0.29, 0.717) is 22.8 Å². The molecule has 0 spiro atoms. The average Bonchev–Trinajstić information content (AvgIpc) is 2.59. The first kappa shape index (κ1) is 17.4. The molecule has 1 aromatic carbocycles. The standard InChI is InChI=1S/C17H25NO5/c1-18(12-7-5-6-8-13(12)19)17(20)11-9-14(21-2)16(23-4)15(10-11)22-3/h9-10,12-13,19H,5-8H2,1-4H3/t12-,13-/m1/s1. The molecule has 23 heavy (non-hydrogen) atoms. The molecule has 0 unspecified atom stereocenters. The molecule has 1 fully saturated rings. The molecule has 1 aromatic rings. The second-order valence-corrected chi connectivity index (χ2v) is 5.75. The molecule has 0 bridgehead atoms. The van der Waals surface area contributed by atoms with Gasteiger partial charge in [0.2, 0.25) is 5.75 Å². The summed E-state index contributed by atoms with van der Waals surface area (Å²) in [4.78, 5) is 14.4. The minimum absolute atomic E-state index is 0.157. The number of aliphatic hydroxyl groups is 1. The quantitative estimate of drug-likeness (QED) is 0.898. The Bertz CT molecular complexity index is 535. The van der Waals surface area contributed by atoms with E-state index in [-0.39, 0.29) is 11.9 Å². The third-order valence-electron chi connectivity index (χ3n) is 4.42. The van der Waals surface area contributed by atoms with Crippen LogP contribution < -0.4 is 14.2 Å². The lowest BCUT2D eigenvalue weighted by Crippen LogP contribution is -2.46. The molecule has 0 aromatic heterocycles. The fourth-order valence-electron chi connectivity index (χ4n) is 3.10. The number of aliphatic hydroxyl groups excluding tert-OH is 1. The van der Waals surface area contributed by atoms with Crippen LogP contribution in [0.2, 0.25) is 0 Å². The van der Waals surface area contributed by atoms with Gasteiger partial charge >= 0.3 is 0 Å². The van der Waals surface area contributed by atoms with Crippen LogP contribution in [0.25, 0.3) is 0 Å². The van der Waals surface area contributed by atoms with Gasteiger partial charge in [0.1, 0.15) is 0 Å². The summed E-state index contributed by atoms with van der Waals surface area (Å²) >= 11 is 0. The largest absolute Gasteiger partial charge is 0.493 e. The third kappa shape index (κ3) is 3.52. The number of likely N-dealkylation sites (N-methyl/N-ethyl adjacent to an activating group) is 1. The molecule has 0 heterocycles. The van der Waals surface area contributed by atoms with Crippen molar-refractivity contribution in [2.45, 2.75) is 37.8 Å². The summed E-state index contributed by atoms with van der Waals surface area (Å²) in [6, 6.07) is 3.11. The number of amides is 1. The van der Waals surface area contributed by atoms with Gasteiger partial charge in [-0.25, -0.2) is 0 Å². The number of methoxy groups -OCH3 is 3. The van der Waals surface area contributed by atoms with Crippen LogP contribution >= 0.6 is 0 Å². The summed E-state index contributed by atoms with van der Waals surface area (Å²) < 4.78 is 15.9. The Balaban J connectivity index is 2.31. The number of nitrogens with zero attached hydrogens (tertiary/aromatic N) is 1. The van der Waals surface area contributed by atoms with E-state index in [4.69, 9.17) is 14.2 Å². The van der Waals surface area contributed by atoms with Gasteiger partial charge in [-0.05, 0) is 25.0 Å². The SMILES string of the molecule is COc1cc(C(=O)N(C)[C@@H]2CCCC[C@H]2O)cc(OC)c1OC. The molecular weight excluding hydrogens is 298 g/mol. The highest BCUT2D eigenvalue weighted by Crippen LogP contribution is 2.38. The highest BCUT2D eigenvalue weighted by Gasteiger charge is 2.30. The molecule has 1 N–H and O–H groups in total. The Hall–Kier alpha value is -1.95. The maximum Gasteiger partial charge on any atom is 0.254 e. The van der Waals surface area contributed by atoms with Crippen LogP contribution in [-0.2, 0) is 0 Å². The molecule has 0 aliphatic heterocycles. The summed E-state index contributed by atoms with van der Waals surface area (Å²) in [5.41, 5.74) is 0.444. The summed E-state index contributed by atoms with van der Waals surface area (Å²) in [7, 11) is 6.28. The predicted octanol–water partition coefficient (Wildman–Crippen LogP) is 2.09. The van der Waals surface area contributed by atoms with Crippen molar-refractivity contribution in [1.82, 2.24) is 4.90 Å². The zero-order valence-electron chi connectivity index (χ0n) is 14.2. The van der Waals surface area contributed by atoms with Gasteiger partial charge in [0.25, 0.3) is 5.91 Å². The zero-order chi connectivity index (χ0) is 17.0. The number of rotatable bonds is 5. The highest BCUT2D eigenvalue weighted by molar-refractivity contribution is 5.95. The first-order valence-electron chi connectivity index (χ1n) is 7.78. The number of hydrogen-bond donors (Lipinski definition) is 1. The predicted molar refractivity (Wildman–Crippen MR) is 86.5 cm³/mol. The van der Waals surface area contributed by atoms with E-state index >= 15 is 0 Å². The van der Waals surface area contributed by atoms with Crippen LogP contribution in [0.3, 0.4) is 0 Å². The van der Waals surface area contributed by atoms with Crippen molar-refractivity contribution >= 4 is 5.91 Å². The Morgan fingerprint density at radius 1 is 1.09 bits per heavy atom. The van der Waals surface area contributed by atoms with Gasteiger partial charge in [-0.15, -0.1) is 0 Å².